The molecule has 0 unspecified atom stereocenters. The second-order valence-corrected chi connectivity index (χ2v) is 5.18. The van der Waals surface area contributed by atoms with E-state index in [1.807, 2.05) is 7.05 Å². The molecule has 1 heterocycles. The summed E-state index contributed by atoms with van der Waals surface area (Å²) in [7, 11) is 2.00. The Hall–Kier alpha value is -1.07. The highest BCUT2D eigenvalue weighted by Crippen LogP contribution is 2.36. The molecular weight excluding hydrogens is 253 g/mol. The molecule has 2 atom stereocenters. The highest BCUT2D eigenvalue weighted by atomic mass is 19.4. The number of piperidine rings is 1. The van der Waals surface area contributed by atoms with Crippen molar-refractivity contribution in [3.05, 3.63) is 35.4 Å². The predicted octanol–water partition coefficient (Wildman–Crippen LogP) is 3.05. The number of nitrogens with two attached hydrogens (primary N) is 1. The van der Waals surface area contributed by atoms with E-state index < -0.39 is 11.7 Å². The molecule has 2 N–H and O–H groups in total. The van der Waals surface area contributed by atoms with E-state index >= 15 is 0 Å². The number of halogens is 3. The Labute approximate surface area is 111 Å². The van der Waals surface area contributed by atoms with Crippen molar-refractivity contribution in [2.75, 3.05) is 20.1 Å². The fourth-order valence-electron chi connectivity index (χ4n) is 2.90. The van der Waals surface area contributed by atoms with Crippen LogP contribution in [0.25, 0.3) is 0 Å². The summed E-state index contributed by atoms with van der Waals surface area (Å²) in [6.45, 7) is 1.53. The SMILES string of the molecule is CN1CCC[C@@H](CN)[C@@H]1c1ccc(C(F)(F)F)cc1. The van der Waals surface area contributed by atoms with Gasteiger partial charge in [0.1, 0.15) is 0 Å². The summed E-state index contributed by atoms with van der Waals surface area (Å²) in [5.41, 5.74) is 6.11. The van der Waals surface area contributed by atoms with Gasteiger partial charge in [0.15, 0.2) is 0 Å². The van der Waals surface area contributed by atoms with Gasteiger partial charge in [-0.25, -0.2) is 0 Å². The Kier molecular flexibility index (Phi) is 4.16. The van der Waals surface area contributed by atoms with E-state index in [0.717, 1.165) is 37.1 Å². The van der Waals surface area contributed by atoms with Gasteiger partial charge in [-0.1, -0.05) is 12.1 Å². The summed E-state index contributed by atoms with van der Waals surface area (Å²) in [5, 5.41) is 0. The summed E-state index contributed by atoms with van der Waals surface area (Å²) >= 11 is 0. The monoisotopic (exact) mass is 272 g/mol. The third-order valence-electron chi connectivity index (χ3n) is 3.89. The van der Waals surface area contributed by atoms with Crippen LogP contribution >= 0.6 is 0 Å². The largest absolute Gasteiger partial charge is 0.416 e. The molecule has 0 spiro atoms. The van der Waals surface area contributed by atoms with Gasteiger partial charge in [0.25, 0.3) is 0 Å². The smallest absolute Gasteiger partial charge is 0.330 e. The fourth-order valence-corrected chi connectivity index (χ4v) is 2.90. The lowest BCUT2D eigenvalue weighted by molar-refractivity contribution is -0.137. The van der Waals surface area contributed by atoms with Crippen molar-refractivity contribution in [1.82, 2.24) is 4.90 Å². The van der Waals surface area contributed by atoms with Gasteiger partial charge in [-0.3, -0.25) is 4.90 Å². The molecule has 0 saturated carbocycles. The average Bonchev–Trinajstić information content (AvgIpc) is 2.37. The van der Waals surface area contributed by atoms with Crippen LogP contribution in [-0.2, 0) is 6.18 Å². The number of alkyl halides is 3. The normalized spacial score (nSPS) is 25.5. The second kappa shape index (κ2) is 5.51. The first kappa shape index (κ1) is 14.3. The van der Waals surface area contributed by atoms with Crippen LogP contribution < -0.4 is 5.73 Å². The molecule has 0 radical (unpaired) electrons. The van der Waals surface area contributed by atoms with E-state index in [1.165, 1.54) is 0 Å². The van der Waals surface area contributed by atoms with Gasteiger partial charge in [0.05, 0.1) is 5.56 Å². The zero-order chi connectivity index (χ0) is 14.0. The number of nitrogens with zero attached hydrogens (tertiary/aromatic N) is 1. The summed E-state index contributed by atoms with van der Waals surface area (Å²) in [4.78, 5) is 2.18. The van der Waals surface area contributed by atoms with Gasteiger partial charge in [-0.15, -0.1) is 0 Å². The Morgan fingerprint density at radius 2 is 1.89 bits per heavy atom. The number of rotatable bonds is 2. The van der Waals surface area contributed by atoms with Gasteiger partial charge >= 0.3 is 6.18 Å². The Morgan fingerprint density at radius 1 is 1.26 bits per heavy atom. The molecule has 2 nitrogen and oxygen atoms in total. The standard InChI is InChI=1S/C14H19F3N2/c1-19-8-2-3-11(9-18)13(19)10-4-6-12(7-5-10)14(15,16)17/h4-7,11,13H,2-3,8-9,18H2,1H3/t11-,13-/m0/s1. The highest BCUT2D eigenvalue weighted by Gasteiger charge is 2.32. The molecule has 0 bridgehead atoms. The van der Waals surface area contributed by atoms with Crippen molar-refractivity contribution in [2.45, 2.75) is 25.1 Å². The van der Waals surface area contributed by atoms with Crippen molar-refractivity contribution < 1.29 is 13.2 Å². The highest BCUT2D eigenvalue weighted by molar-refractivity contribution is 5.27. The van der Waals surface area contributed by atoms with Crippen LogP contribution in [0.4, 0.5) is 13.2 Å². The Morgan fingerprint density at radius 3 is 2.42 bits per heavy atom. The van der Waals surface area contributed by atoms with Crippen molar-refractivity contribution in [2.24, 2.45) is 11.7 Å². The molecule has 1 fully saturated rings. The number of benzene rings is 1. The first-order chi connectivity index (χ1) is 8.93. The van der Waals surface area contributed by atoms with E-state index in [9.17, 15) is 13.2 Å². The number of likely N-dealkylation sites (tertiary alicyclic amines) is 1. The third kappa shape index (κ3) is 3.09. The molecule has 0 amide bonds. The molecule has 0 aliphatic carbocycles. The van der Waals surface area contributed by atoms with Crippen LogP contribution in [0.5, 0.6) is 0 Å². The number of hydrogen-bond donors (Lipinski definition) is 1. The zero-order valence-electron chi connectivity index (χ0n) is 11.0. The van der Waals surface area contributed by atoms with Crippen LogP contribution in [0.3, 0.4) is 0 Å². The van der Waals surface area contributed by atoms with Crippen LogP contribution in [0, 0.1) is 5.92 Å². The van der Waals surface area contributed by atoms with E-state index in [4.69, 9.17) is 5.73 Å². The van der Waals surface area contributed by atoms with Crippen LogP contribution in [0.15, 0.2) is 24.3 Å². The summed E-state index contributed by atoms with van der Waals surface area (Å²) in [6, 6.07) is 5.60. The van der Waals surface area contributed by atoms with E-state index in [2.05, 4.69) is 4.90 Å². The second-order valence-electron chi connectivity index (χ2n) is 5.18. The minimum atomic E-state index is -4.27. The maximum absolute atomic E-state index is 12.6. The lowest BCUT2D eigenvalue weighted by Gasteiger charge is -2.39. The third-order valence-corrected chi connectivity index (χ3v) is 3.89. The first-order valence-electron chi connectivity index (χ1n) is 6.51. The van der Waals surface area contributed by atoms with Gasteiger partial charge in [0.2, 0.25) is 0 Å². The topological polar surface area (TPSA) is 29.3 Å². The molecule has 19 heavy (non-hydrogen) atoms. The van der Waals surface area contributed by atoms with E-state index in [1.54, 1.807) is 12.1 Å². The molecule has 106 valence electrons. The van der Waals surface area contributed by atoms with Gasteiger partial charge in [-0.2, -0.15) is 13.2 Å². The predicted molar refractivity (Wildman–Crippen MR) is 68.6 cm³/mol. The maximum Gasteiger partial charge on any atom is 0.416 e. The van der Waals surface area contributed by atoms with E-state index in [-0.39, 0.29) is 6.04 Å². The van der Waals surface area contributed by atoms with Crippen LogP contribution in [0.1, 0.15) is 30.0 Å². The van der Waals surface area contributed by atoms with Gasteiger partial charge < -0.3 is 5.73 Å². The summed E-state index contributed by atoms with van der Waals surface area (Å²) in [6.07, 6.45) is -2.15. The Bertz CT molecular complexity index is 414. The molecule has 5 heteroatoms. The maximum atomic E-state index is 12.6. The average molecular weight is 272 g/mol. The lowest BCUT2D eigenvalue weighted by atomic mass is 9.85. The molecule has 0 aromatic heterocycles. The molecule has 1 aromatic carbocycles. The molecular formula is C14H19F3N2. The first-order valence-corrected chi connectivity index (χ1v) is 6.51. The summed E-state index contributed by atoms with van der Waals surface area (Å²) in [5.74, 6) is 0.315. The zero-order valence-corrected chi connectivity index (χ0v) is 11.0. The quantitative estimate of drug-likeness (QED) is 0.896. The van der Waals surface area contributed by atoms with Crippen LogP contribution in [-0.4, -0.2) is 25.0 Å². The molecule has 1 aliphatic rings. The molecule has 1 saturated heterocycles. The van der Waals surface area contributed by atoms with Crippen molar-refractivity contribution in [1.29, 1.82) is 0 Å². The Balaban J connectivity index is 2.24. The van der Waals surface area contributed by atoms with Crippen molar-refractivity contribution in [3.63, 3.8) is 0 Å². The number of hydrogen-bond acceptors (Lipinski definition) is 2. The summed E-state index contributed by atoms with van der Waals surface area (Å²) < 4.78 is 37.7. The molecule has 1 aliphatic heterocycles. The van der Waals surface area contributed by atoms with Gasteiger partial charge in [-0.05, 0) is 56.6 Å². The lowest BCUT2D eigenvalue weighted by Crippen LogP contribution is -2.39. The molecule has 1 aromatic rings. The molecule has 2 rings (SSSR count). The van der Waals surface area contributed by atoms with Crippen LogP contribution in [0.2, 0.25) is 0 Å². The minimum Gasteiger partial charge on any atom is -0.330 e. The minimum absolute atomic E-state index is 0.126. The van der Waals surface area contributed by atoms with E-state index in [0.29, 0.717) is 12.5 Å². The van der Waals surface area contributed by atoms with Gasteiger partial charge in [0, 0.05) is 6.04 Å². The van der Waals surface area contributed by atoms with Crippen molar-refractivity contribution >= 4 is 0 Å². The fraction of sp³-hybridized carbons (Fsp3) is 0.571. The van der Waals surface area contributed by atoms with Crippen molar-refractivity contribution in [3.8, 4) is 0 Å².